The van der Waals surface area contributed by atoms with Gasteiger partial charge in [-0.25, -0.2) is 13.2 Å². The summed E-state index contributed by atoms with van der Waals surface area (Å²) in [7, 11) is -3.71. The van der Waals surface area contributed by atoms with Crippen LogP contribution >= 0.6 is 0 Å². The van der Waals surface area contributed by atoms with Crippen molar-refractivity contribution in [3.8, 4) is 0 Å². The van der Waals surface area contributed by atoms with E-state index in [9.17, 15) is 13.2 Å². The normalized spacial score (nSPS) is 17.4. The smallest absolute Gasteiger partial charge is 0.316 e. The van der Waals surface area contributed by atoms with Crippen molar-refractivity contribution < 1.29 is 13.2 Å². The largest absolute Gasteiger partial charge is 0.351 e. The van der Waals surface area contributed by atoms with Crippen molar-refractivity contribution in [3.05, 3.63) is 54.1 Å². The van der Waals surface area contributed by atoms with Crippen LogP contribution in [0.25, 0.3) is 0 Å². The highest BCUT2D eigenvalue weighted by atomic mass is 32.2. The molecule has 2 amide bonds. The molecule has 1 fully saturated rings. The molecule has 150 valence electrons. The van der Waals surface area contributed by atoms with E-state index >= 15 is 0 Å². The zero-order valence-electron chi connectivity index (χ0n) is 15.9. The number of rotatable bonds is 7. The number of carbonyl (C=O) groups is 1. The molecule has 1 aliphatic heterocycles. The highest BCUT2D eigenvalue weighted by molar-refractivity contribution is 7.92. The van der Waals surface area contributed by atoms with Crippen molar-refractivity contribution >= 4 is 27.4 Å². The van der Waals surface area contributed by atoms with Gasteiger partial charge in [-0.15, -0.1) is 0 Å². The standard InChI is InChI=1S/C20H26N4O3S/c1-2-12-24-13-11-16(14-24)15-3-5-18(6-4-15)23-28(26,27)19-9-7-17(8-10-19)22-20(21)25/h3-10,16,23H,2,11-14H2,1H3,(H3,21,22,25)/t16-/m1/s1. The summed E-state index contributed by atoms with van der Waals surface area (Å²) in [6, 6.07) is 12.7. The molecule has 0 unspecified atom stereocenters. The Morgan fingerprint density at radius 2 is 1.75 bits per heavy atom. The Kier molecular flexibility index (Phi) is 6.21. The lowest BCUT2D eigenvalue weighted by Gasteiger charge is -2.15. The van der Waals surface area contributed by atoms with E-state index in [0.717, 1.165) is 32.5 Å². The molecule has 2 aromatic rings. The summed E-state index contributed by atoms with van der Waals surface area (Å²) < 4.78 is 27.7. The molecule has 7 nitrogen and oxygen atoms in total. The molecule has 8 heteroatoms. The van der Waals surface area contributed by atoms with Gasteiger partial charge in [0.1, 0.15) is 0 Å². The first kappa shape index (κ1) is 20.2. The second-order valence-electron chi connectivity index (χ2n) is 7.03. The first-order valence-electron chi connectivity index (χ1n) is 9.39. The van der Waals surface area contributed by atoms with E-state index < -0.39 is 16.1 Å². The summed E-state index contributed by atoms with van der Waals surface area (Å²) in [4.78, 5) is 13.4. The third-order valence-electron chi connectivity index (χ3n) is 4.88. The van der Waals surface area contributed by atoms with Gasteiger partial charge < -0.3 is 16.0 Å². The van der Waals surface area contributed by atoms with Gasteiger partial charge >= 0.3 is 6.03 Å². The van der Waals surface area contributed by atoms with Crippen LogP contribution < -0.4 is 15.8 Å². The van der Waals surface area contributed by atoms with Crippen LogP contribution in [0.15, 0.2) is 53.4 Å². The van der Waals surface area contributed by atoms with E-state index in [0.29, 0.717) is 17.3 Å². The molecule has 3 rings (SSSR count). The van der Waals surface area contributed by atoms with Gasteiger partial charge in [0.25, 0.3) is 10.0 Å². The molecule has 4 N–H and O–H groups in total. The second kappa shape index (κ2) is 8.62. The lowest BCUT2D eigenvalue weighted by molar-refractivity contribution is 0.259. The minimum absolute atomic E-state index is 0.109. The molecular formula is C20H26N4O3S. The molecule has 1 atom stereocenters. The molecule has 0 spiro atoms. The molecule has 0 bridgehead atoms. The van der Waals surface area contributed by atoms with Crippen molar-refractivity contribution in [1.82, 2.24) is 4.90 Å². The topological polar surface area (TPSA) is 105 Å². The second-order valence-corrected chi connectivity index (χ2v) is 8.71. The molecule has 1 heterocycles. The van der Waals surface area contributed by atoms with Crippen LogP contribution in [-0.2, 0) is 10.0 Å². The van der Waals surface area contributed by atoms with Crippen molar-refractivity contribution in [3.63, 3.8) is 0 Å². The summed E-state index contributed by atoms with van der Waals surface area (Å²) in [5, 5.41) is 2.40. The van der Waals surface area contributed by atoms with Crippen LogP contribution in [0.1, 0.15) is 31.2 Å². The predicted molar refractivity (Wildman–Crippen MR) is 111 cm³/mol. The van der Waals surface area contributed by atoms with Crippen LogP contribution in [0, 0.1) is 0 Å². The minimum atomic E-state index is -3.71. The van der Waals surface area contributed by atoms with E-state index in [-0.39, 0.29) is 4.90 Å². The number of likely N-dealkylation sites (tertiary alicyclic amines) is 1. The van der Waals surface area contributed by atoms with Gasteiger partial charge in [-0.05, 0) is 73.8 Å². The quantitative estimate of drug-likeness (QED) is 0.661. The molecule has 0 radical (unpaired) electrons. The molecule has 1 aliphatic rings. The minimum Gasteiger partial charge on any atom is -0.351 e. The molecule has 0 aliphatic carbocycles. The fraction of sp³-hybridized carbons (Fsp3) is 0.350. The number of carbonyl (C=O) groups excluding carboxylic acids is 1. The van der Waals surface area contributed by atoms with Gasteiger partial charge in [-0.1, -0.05) is 19.1 Å². The summed E-state index contributed by atoms with van der Waals surface area (Å²) in [5.41, 5.74) is 7.24. The van der Waals surface area contributed by atoms with E-state index in [1.165, 1.54) is 29.8 Å². The van der Waals surface area contributed by atoms with E-state index in [1.807, 2.05) is 12.1 Å². The summed E-state index contributed by atoms with van der Waals surface area (Å²) in [6.07, 6.45) is 2.30. The Labute approximate surface area is 166 Å². The van der Waals surface area contributed by atoms with Crippen molar-refractivity contribution in [2.24, 2.45) is 5.73 Å². The lowest BCUT2D eigenvalue weighted by atomic mass is 9.98. The van der Waals surface area contributed by atoms with Crippen LogP contribution in [0.3, 0.4) is 0 Å². The zero-order chi connectivity index (χ0) is 20.1. The Morgan fingerprint density at radius 3 is 2.36 bits per heavy atom. The van der Waals surface area contributed by atoms with Gasteiger partial charge in [0.2, 0.25) is 0 Å². The summed E-state index contributed by atoms with van der Waals surface area (Å²) in [6.45, 7) is 5.50. The van der Waals surface area contributed by atoms with Crippen LogP contribution in [0.2, 0.25) is 0 Å². The number of hydrogen-bond donors (Lipinski definition) is 3. The van der Waals surface area contributed by atoms with Crippen LogP contribution in [0.5, 0.6) is 0 Å². The summed E-state index contributed by atoms with van der Waals surface area (Å²) in [5.74, 6) is 0.502. The zero-order valence-corrected chi connectivity index (χ0v) is 16.7. The fourth-order valence-corrected chi connectivity index (χ4v) is 4.58. The Hall–Kier alpha value is -2.58. The molecule has 0 aromatic heterocycles. The molecule has 2 aromatic carbocycles. The number of nitrogens with zero attached hydrogens (tertiary/aromatic N) is 1. The first-order valence-corrected chi connectivity index (χ1v) is 10.9. The van der Waals surface area contributed by atoms with Crippen molar-refractivity contribution in [2.75, 3.05) is 29.7 Å². The van der Waals surface area contributed by atoms with Gasteiger partial charge in [0.05, 0.1) is 4.90 Å². The number of sulfonamides is 1. The molecule has 0 saturated carbocycles. The molecule has 28 heavy (non-hydrogen) atoms. The van der Waals surface area contributed by atoms with Gasteiger partial charge in [-0.2, -0.15) is 0 Å². The predicted octanol–water partition coefficient (Wildman–Crippen LogP) is 3.18. The third-order valence-corrected chi connectivity index (χ3v) is 6.28. The van der Waals surface area contributed by atoms with Gasteiger partial charge in [0.15, 0.2) is 0 Å². The fourth-order valence-electron chi connectivity index (χ4n) is 3.52. The number of amides is 2. The number of benzene rings is 2. The lowest BCUT2D eigenvalue weighted by Crippen LogP contribution is -2.20. The number of primary amides is 1. The number of urea groups is 1. The van der Waals surface area contributed by atoms with Crippen LogP contribution in [0.4, 0.5) is 16.2 Å². The maximum atomic E-state index is 12.6. The van der Waals surface area contributed by atoms with E-state index in [4.69, 9.17) is 5.73 Å². The Bertz CT molecular complexity index is 911. The van der Waals surface area contributed by atoms with Crippen LogP contribution in [-0.4, -0.2) is 39.0 Å². The number of nitrogens with one attached hydrogen (secondary N) is 2. The Balaban J connectivity index is 1.65. The monoisotopic (exact) mass is 402 g/mol. The van der Waals surface area contributed by atoms with E-state index in [2.05, 4.69) is 21.9 Å². The maximum absolute atomic E-state index is 12.6. The third kappa shape index (κ3) is 5.02. The molecule has 1 saturated heterocycles. The van der Waals surface area contributed by atoms with Gasteiger partial charge in [-0.3, -0.25) is 4.72 Å². The summed E-state index contributed by atoms with van der Waals surface area (Å²) >= 11 is 0. The van der Waals surface area contributed by atoms with Crippen molar-refractivity contribution in [1.29, 1.82) is 0 Å². The number of anilines is 2. The average molecular weight is 403 g/mol. The first-order chi connectivity index (χ1) is 13.4. The Morgan fingerprint density at radius 1 is 1.11 bits per heavy atom. The maximum Gasteiger partial charge on any atom is 0.316 e. The van der Waals surface area contributed by atoms with Crippen molar-refractivity contribution in [2.45, 2.75) is 30.6 Å². The number of hydrogen-bond acceptors (Lipinski definition) is 4. The van der Waals surface area contributed by atoms with Gasteiger partial charge in [0, 0.05) is 17.9 Å². The highest BCUT2D eigenvalue weighted by Gasteiger charge is 2.23. The number of nitrogens with two attached hydrogens (primary N) is 1. The average Bonchev–Trinajstić information content (AvgIpc) is 3.11. The highest BCUT2D eigenvalue weighted by Crippen LogP contribution is 2.28. The molecular weight excluding hydrogens is 376 g/mol. The van der Waals surface area contributed by atoms with E-state index in [1.54, 1.807) is 12.1 Å². The SMILES string of the molecule is CCCN1CC[C@@H](c2ccc(NS(=O)(=O)c3ccc(NC(N)=O)cc3)cc2)C1.